The quantitative estimate of drug-likeness (QED) is 0.765. The summed E-state index contributed by atoms with van der Waals surface area (Å²) in [4.78, 5) is 20.3. The smallest absolute Gasteiger partial charge is 0.236 e. The van der Waals surface area contributed by atoms with Gasteiger partial charge in [0, 0.05) is 12.4 Å². The lowest BCUT2D eigenvalue weighted by Gasteiger charge is -2.15. The van der Waals surface area contributed by atoms with Crippen LogP contribution in [0.4, 0.5) is 11.6 Å². The van der Waals surface area contributed by atoms with E-state index in [4.69, 9.17) is 11.6 Å². The SMILES string of the molecule is O=CN(c1ncccn1)c1ccccc1Cl. The highest BCUT2D eigenvalue weighted by atomic mass is 35.5. The number of nitrogens with zero attached hydrogens (tertiary/aromatic N) is 3. The van der Waals surface area contributed by atoms with Gasteiger partial charge >= 0.3 is 0 Å². The van der Waals surface area contributed by atoms with Crippen molar-refractivity contribution in [2.45, 2.75) is 0 Å². The minimum atomic E-state index is 0.297. The lowest BCUT2D eigenvalue weighted by molar-refractivity contribution is -0.106. The van der Waals surface area contributed by atoms with Crippen molar-refractivity contribution in [2.24, 2.45) is 0 Å². The fourth-order valence-electron chi connectivity index (χ4n) is 1.27. The lowest BCUT2D eigenvalue weighted by Crippen LogP contribution is -2.17. The second-order valence-electron chi connectivity index (χ2n) is 2.98. The Morgan fingerprint density at radius 2 is 1.81 bits per heavy atom. The third-order valence-corrected chi connectivity index (χ3v) is 2.30. The largest absolute Gasteiger partial charge is 0.278 e. The summed E-state index contributed by atoms with van der Waals surface area (Å²) in [6.07, 6.45) is 3.77. The van der Waals surface area contributed by atoms with Crippen LogP contribution in [-0.4, -0.2) is 16.4 Å². The molecule has 0 radical (unpaired) electrons. The van der Waals surface area contributed by atoms with Crippen LogP contribution in [0.1, 0.15) is 0 Å². The van der Waals surface area contributed by atoms with Gasteiger partial charge in [-0.2, -0.15) is 0 Å². The molecule has 0 atom stereocenters. The van der Waals surface area contributed by atoms with Crippen LogP contribution < -0.4 is 4.90 Å². The van der Waals surface area contributed by atoms with Crippen molar-refractivity contribution in [3.63, 3.8) is 0 Å². The topological polar surface area (TPSA) is 46.1 Å². The highest BCUT2D eigenvalue weighted by Gasteiger charge is 2.12. The summed E-state index contributed by atoms with van der Waals surface area (Å²) in [5.74, 6) is 0.297. The second-order valence-corrected chi connectivity index (χ2v) is 3.38. The molecule has 5 heteroatoms. The van der Waals surface area contributed by atoms with E-state index in [-0.39, 0.29) is 0 Å². The number of anilines is 2. The predicted octanol–water partition coefficient (Wildman–Crippen LogP) is 2.42. The molecule has 1 heterocycles. The lowest BCUT2D eigenvalue weighted by atomic mass is 10.3. The van der Waals surface area contributed by atoms with Crippen LogP contribution in [0.2, 0.25) is 5.02 Å². The maximum atomic E-state index is 11.0. The minimum Gasteiger partial charge on any atom is -0.278 e. The molecule has 0 aliphatic carbocycles. The van der Waals surface area contributed by atoms with E-state index in [1.165, 1.54) is 4.90 Å². The Hall–Kier alpha value is -1.94. The van der Waals surface area contributed by atoms with Crippen molar-refractivity contribution >= 4 is 29.6 Å². The first-order chi connectivity index (χ1) is 7.83. The highest BCUT2D eigenvalue weighted by molar-refractivity contribution is 6.33. The van der Waals surface area contributed by atoms with Gasteiger partial charge in [-0.3, -0.25) is 4.79 Å². The van der Waals surface area contributed by atoms with E-state index >= 15 is 0 Å². The predicted molar refractivity (Wildman–Crippen MR) is 61.7 cm³/mol. The van der Waals surface area contributed by atoms with Gasteiger partial charge in [0.05, 0.1) is 10.7 Å². The van der Waals surface area contributed by atoms with Crippen LogP contribution in [0, 0.1) is 0 Å². The van der Waals surface area contributed by atoms with Gasteiger partial charge in [-0.15, -0.1) is 0 Å². The molecule has 2 rings (SSSR count). The number of carbonyl (C=O) groups excluding carboxylic acids is 1. The number of aromatic nitrogens is 2. The van der Waals surface area contributed by atoms with Gasteiger partial charge in [-0.25, -0.2) is 14.9 Å². The Bertz CT molecular complexity index is 490. The zero-order valence-corrected chi connectivity index (χ0v) is 9.00. The Morgan fingerprint density at radius 3 is 2.44 bits per heavy atom. The van der Waals surface area contributed by atoms with Crippen LogP contribution in [0.25, 0.3) is 0 Å². The number of rotatable bonds is 3. The Kier molecular flexibility index (Phi) is 3.12. The van der Waals surface area contributed by atoms with Gasteiger partial charge in [0.1, 0.15) is 0 Å². The van der Waals surface area contributed by atoms with Crippen molar-refractivity contribution in [3.05, 3.63) is 47.7 Å². The van der Waals surface area contributed by atoms with E-state index < -0.39 is 0 Å². The van der Waals surface area contributed by atoms with Crippen molar-refractivity contribution in [1.29, 1.82) is 0 Å². The van der Waals surface area contributed by atoms with E-state index in [2.05, 4.69) is 9.97 Å². The summed E-state index contributed by atoms with van der Waals surface area (Å²) in [5, 5.41) is 0.474. The van der Waals surface area contributed by atoms with Gasteiger partial charge in [0.25, 0.3) is 0 Å². The molecule has 0 fully saturated rings. The molecule has 0 spiro atoms. The first-order valence-corrected chi connectivity index (χ1v) is 4.97. The molecule has 1 amide bonds. The molecule has 0 N–H and O–H groups in total. The molecule has 0 unspecified atom stereocenters. The van der Waals surface area contributed by atoms with E-state index in [0.717, 1.165) is 0 Å². The van der Waals surface area contributed by atoms with Crippen LogP contribution in [0.3, 0.4) is 0 Å². The van der Waals surface area contributed by atoms with Gasteiger partial charge in [-0.05, 0) is 18.2 Å². The van der Waals surface area contributed by atoms with Crippen molar-refractivity contribution in [2.75, 3.05) is 4.90 Å². The molecule has 0 aliphatic rings. The zero-order valence-electron chi connectivity index (χ0n) is 8.25. The minimum absolute atomic E-state index is 0.297. The van der Waals surface area contributed by atoms with E-state index in [1.807, 2.05) is 0 Å². The van der Waals surface area contributed by atoms with Crippen LogP contribution >= 0.6 is 11.6 Å². The standard InChI is InChI=1S/C11H8ClN3O/c12-9-4-1-2-5-10(9)15(8-16)11-13-6-3-7-14-11/h1-8H. The first-order valence-electron chi connectivity index (χ1n) is 4.59. The number of para-hydroxylation sites is 1. The molecule has 80 valence electrons. The second kappa shape index (κ2) is 4.72. The van der Waals surface area contributed by atoms with E-state index in [9.17, 15) is 4.79 Å². The van der Waals surface area contributed by atoms with Gasteiger partial charge in [-0.1, -0.05) is 23.7 Å². The highest BCUT2D eigenvalue weighted by Crippen LogP contribution is 2.27. The Labute approximate surface area is 97.5 Å². The Morgan fingerprint density at radius 1 is 1.12 bits per heavy atom. The van der Waals surface area contributed by atoms with Crippen LogP contribution in [0.5, 0.6) is 0 Å². The molecule has 1 aromatic carbocycles. The van der Waals surface area contributed by atoms with Gasteiger partial charge in [0.15, 0.2) is 0 Å². The van der Waals surface area contributed by atoms with E-state index in [0.29, 0.717) is 23.1 Å². The molecule has 1 aromatic heterocycles. The maximum absolute atomic E-state index is 11.0. The normalized spacial score (nSPS) is 9.81. The van der Waals surface area contributed by atoms with Crippen molar-refractivity contribution in [3.8, 4) is 0 Å². The van der Waals surface area contributed by atoms with Crippen LogP contribution in [-0.2, 0) is 4.79 Å². The Balaban J connectivity index is 2.45. The number of carbonyl (C=O) groups is 1. The number of hydrogen-bond donors (Lipinski definition) is 0. The first kappa shape index (κ1) is 10.6. The van der Waals surface area contributed by atoms with Crippen LogP contribution in [0.15, 0.2) is 42.7 Å². The fraction of sp³-hybridized carbons (Fsp3) is 0. The molecule has 4 nitrogen and oxygen atoms in total. The number of halogens is 1. The summed E-state index contributed by atoms with van der Waals surface area (Å²) >= 11 is 5.99. The monoisotopic (exact) mass is 233 g/mol. The molecular formula is C11H8ClN3O. The number of hydrogen-bond acceptors (Lipinski definition) is 3. The molecule has 16 heavy (non-hydrogen) atoms. The molecule has 0 saturated carbocycles. The number of amides is 1. The third kappa shape index (κ3) is 2.01. The molecule has 0 saturated heterocycles. The summed E-state index contributed by atoms with van der Waals surface area (Å²) in [6.45, 7) is 0. The van der Waals surface area contributed by atoms with Crippen molar-refractivity contribution in [1.82, 2.24) is 9.97 Å². The number of benzene rings is 1. The maximum Gasteiger partial charge on any atom is 0.236 e. The van der Waals surface area contributed by atoms with Crippen molar-refractivity contribution < 1.29 is 4.79 Å². The molecular weight excluding hydrogens is 226 g/mol. The molecule has 2 aromatic rings. The fourth-order valence-corrected chi connectivity index (χ4v) is 1.50. The molecule has 0 bridgehead atoms. The summed E-state index contributed by atoms with van der Waals surface area (Å²) in [6, 6.07) is 8.70. The van der Waals surface area contributed by atoms with E-state index in [1.54, 1.807) is 42.7 Å². The average molecular weight is 234 g/mol. The van der Waals surface area contributed by atoms with Gasteiger partial charge in [0.2, 0.25) is 12.4 Å². The van der Waals surface area contributed by atoms with Gasteiger partial charge < -0.3 is 0 Å². The average Bonchev–Trinajstić information content (AvgIpc) is 2.34. The third-order valence-electron chi connectivity index (χ3n) is 1.99. The zero-order chi connectivity index (χ0) is 11.4. The summed E-state index contributed by atoms with van der Waals surface area (Å²) in [5.41, 5.74) is 0.561. The summed E-state index contributed by atoms with van der Waals surface area (Å²) in [7, 11) is 0. The molecule has 0 aliphatic heterocycles. The summed E-state index contributed by atoms with van der Waals surface area (Å²) < 4.78 is 0.